The first-order chi connectivity index (χ1) is 15.3. The summed E-state index contributed by atoms with van der Waals surface area (Å²) in [6.45, 7) is 4.16. The summed E-state index contributed by atoms with van der Waals surface area (Å²) in [6, 6.07) is 15.3. The molecule has 2 amide bonds. The highest BCUT2D eigenvalue weighted by Gasteiger charge is 2.17. The Morgan fingerprint density at radius 1 is 1.00 bits per heavy atom. The molecule has 0 radical (unpaired) electrons. The average Bonchev–Trinajstić information content (AvgIpc) is 2.77. The molecule has 0 bridgehead atoms. The molecule has 3 aromatic carbocycles. The summed E-state index contributed by atoms with van der Waals surface area (Å²) >= 11 is 5.81. The lowest BCUT2D eigenvalue weighted by Gasteiger charge is -2.11. The Morgan fingerprint density at radius 2 is 1.69 bits per heavy atom. The van der Waals surface area contributed by atoms with E-state index < -0.39 is 4.92 Å². The second-order valence-corrected chi connectivity index (χ2v) is 7.28. The number of nitro groups is 1. The Balaban J connectivity index is 1.75. The fraction of sp³-hybridized carbons (Fsp3) is 0.130. The van der Waals surface area contributed by atoms with Gasteiger partial charge in [-0.15, -0.1) is 0 Å². The lowest BCUT2D eigenvalue weighted by atomic mass is 10.1. The van der Waals surface area contributed by atoms with Gasteiger partial charge in [-0.1, -0.05) is 17.7 Å². The summed E-state index contributed by atoms with van der Waals surface area (Å²) in [5.41, 5.74) is 1.87. The standard InChI is InChI=1S/C23H20ClN3O5/c1-3-25-22(28)16-5-4-14(2)19(12-16)26-23(29)15-6-9-18(10-7-15)32-21-11-8-17(24)13-20(21)27(30)31/h4-13H,3H2,1-2H3,(H,25,28)(H,26,29). The van der Waals surface area contributed by atoms with Crippen molar-refractivity contribution >= 4 is 34.8 Å². The van der Waals surface area contributed by atoms with E-state index in [2.05, 4.69) is 10.6 Å². The van der Waals surface area contributed by atoms with Crippen molar-refractivity contribution in [1.82, 2.24) is 5.32 Å². The molecule has 32 heavy (non-hydrogen) atoms. The third kappa shape index (κ3) is 5.41. The summed E-state index contributed by atoms with van der Waals surface area (Å²) in [5.74, 6) is -0.234. The highest BCUT2D eigenvalue weighted by Crippen LogP contribution is 2.33. The van der Waals surface area contributed by atoms with Gasteiger partial charge in [0.15, 0.2) is 0 Å². The van der Waals surface area contributed by atoms with Gasteiger partial charge in [-0.3, -0.25) is 19.7 Å². The van der Waals surface area contributed by atoms with Crippen LogP contribution in [0.5, 0.6) is 11.5 Å². The Labute approximate surface area is 189 Å². The molecule has 0 saturated carbocycles. The summed E-state index contributed by atoms with van der Waals surface area (Å²) in [4.78, 5) is 35.3. The number of benzene rings is 3. The van der Waals surface area contributed by atoms with E-state index in [9.17, 15) is 19.7 Å². The van der Waals surface area contributed by atoms with Crippen molar-refractivity contribution in [3.05, 3.63) is 92.5 Å². The van der Waals surface area contributed by atoms with Crippen LogP contribution in [0.1, 0.15) is 33.2 Å². The predicted octanol–water partition coefficient (Wildman–Crippen LogP) is 5.35. The van der Waals surface area contributed by atoms with Crippen LogP contribution in [0, 0.1) is 17.0 Å². The Hall–Kier alpha value is -3.91. The van der Waals surface area contributed by atoms with Crippen LogP contribution in [0.3, 0.4) is 0 Å². The molecule has 0 aliphatic rings. The normalized spacial score (nSPS) is 10.3. The summed E-state index contributed by atoms with van der Waals surface area (Å²) in [6.07, 6.45) is 0. The molecule has 0 aliphatic heterocycles. The van der Waals surface area contributed by atoms with Gasteiger partial charge < -0.3 is 15.4 Å². The number of nitrogens with zero attached hydrogens (tertiary/aromatic N) is 1. The quantitative estimate of drug-likeness (QED) is 0.370. The van der Waals surface area contributed by atoms with Crippen LogP contribution < -0.4 is 15.4 Å². The first kappa shape index (κ1) is 22.8. The van der Waals surface area contributed by atoms with Gasteiger partial charge >= 0.3 is 5.69 Å². The van der Waals surface area contributed by atoms with Gasteiger partial charge in [0.1, 0.15) is 5.75 Å². The number of nitrogens with one attached hydrogen (secondary N) is 2. The number of anilines is 1. The SMILES string of the molecule is CCNC(=O)c1ccc(C)c(NC(=O)c2ccc(Oc3ccc(Cl)cc3[N+](=O)[O-])cc2)c1. The Kier molecular flexibility index (Phi) is 7.07. The molecule has 3 aromatic rings. The van der Waals surface area contributed by atoms with E-state index in [4.69, 9.17) is 16.3 Å². The van der Waals surface area contributed by atoms with Crippen LogP contribution in [-0.2, 0) is 0 Å². The average molecular weight is 454 g/mol. The largest absolute Gasteiger partial charge is 0.450 e. The molecular formula is C23H20ClN3O5. The van der Waals surface area contributed by atoms with Gasteiger partial charge in [-0.25, -0.2) is 0 Å². The second-order valence-electron chi connectivity index (χ2n) is 6.84. The number of nitro benzene ring substituents is 1. The van der Waals surface area contributed by atoms with Crippen LogP contribution in [-0.4, -0.2) is 23.3 Å². The van der Waals surface area contributed by atoms with Crippen LogP contribution in [0.15, 0.2) is 60.7 Å². The molecule has 0 atom stereocenters. The fourth-order valence-electron chi connectivity index (χ4n) is 2.88. The highest BCUT2D eigenvalue weighted by atomic mass is 35.5. The molecule has 0 aliphatic carbocycles. The molecule has 164 valence electrons. The molecule has 0 unspecified atom stereocenters. The summed E-state index contributed by atoms with van der Waals surface area (Å²) in [7, 11) is 0. The van der Waals surface area contributed by atoms with Crippen molar-refractivity contribution in [2.24, 2.45) is 0 Å². The zero-order valence-corrected chi connectivity index (χ0v) is 18.1. The minimum Gasteiger partial charge on any atom is -0.450 e. The number of halogens is 1. The monoisotopic (exact) mass is 453 g/mol. The van der Waals surface area contributed by atoms with Crippen molar-refractivity contribution in [2.45, 2.75) is 13.8 Å². The lowest BCUT2D eigenvalue weighted by Crippen LogP contribution is -2.23. The maximum absolute atomic E-state index is 12.7. The molecule has 0 aromatic heterocycles. The van der Waals surface area contributed by atoms with Crippen molar-refractivity contribution in [1.29, 1.82) is 0 Å². The lowest BCUT2D eigenvalue weighted by molar-refractivity contribution is -0.385. The minimum absolute atomic E-state index is 0.0365. The predicted molar refractivity (Wildman–Crippen MR) is 122 cm³/mol. The number of amides is 2. The van der Waals surface area contributed by atoms with Gasteiger partial charge in [0, 0.05) is 34.4 Å². The number of aryl methyl sites for hydroxylation is 1. The molecule has 9 heteroatoms. The molecule has 0 fully saturated rings. The third-order valence-corrected chi connectivity index (χ3v) is 4.78. The van der Waals surface area contributed by atoms with E-state index in [0.717, 1.165) is 5.56 Å². The smallest absolute Gasteiger partial charge is 0.313 e. The second kappa shape index (κ2) is 9.93. The Morgan fingerprint density at radius 3 is 2.34 bits per heavy atom. The number of carbonyl (C=O) groups excluding carboxylic acids is 2. The van der Waals surface area contributed by atoms with Crippen molar-refractivity contribution in [3.8, 4) is 11.5 Å². The van der Waals surface area contributed by atoms with Gasteiger partial charge in [0.2, 0.25) is 5.75 Å². The minimum atomic E-state index is -0.583. The van der Waals surface area contributed by atoms with E-state index in [0.29, 0.717) is 29.1 Å². The van der Waals surface area contributed by atoms with E-state index >= 15 is 0 Å². The molecule has 2 N–H and O–H groups in total. The van der Waals surface area contributed by atoms with Crippen molar-refractivity contribution in [2.75, 3.05) is 11.9 Å². The molecular weight excluding hydrogens is 434 g/mol. The van der Waals surface area contributed by atoms with Gasteiger partial charge in [-0.2, -0.15) is 0 Å². The highest BCUT2D eigenvalue weighted by molar-refractivity contribution is 6.30. The number of ether oxygens (including phenoxy) is 1. The summed E-state index contributed by atoms with van der Waals surface area (Å²) < 4.78 is 5.59. The molecule has 0 saturated heterocycles. The van der Waals surface area contributed by atoms with E-state index in [1.165, 1.54) is 42.5 Å². The van der Waals surface area contributed by atoms with Crippen molar-refractivity contribution in [3.63, 3.8) is 0 Å². The zero-order valence-electron chi connectivity index (χ0n) is 17.3. The maximum Gasteiger partial charge on any atom is 0.313 e. The van der Waals surface area contributed by atoms with Crippen LogP contribution in [0.2, 0.25) is 5.02 Å². The molecule has 0 spiro atoms. The number of carbonyl (C=O) groups is 2. The van der Waals surface area contributed by atoms with Crippen LogP contribution in [0.25, 0.3) is 0 Å². The van der Waals surface area contributed by atoms with E-state index in [1.54, 1.807) is 18.2 Å². The first-order valence-corrected chi connectivity index (χ1v) is 10.1. The maximum atomic E-state index is 12.7. The fourth-order valence-corrected chi connectivity index (χ4v) is 3.04. The number of hydrogen-bond acceptors (Lipinski definition) is 5. The van der Waals surface area contributed by atoms with Crippen molar-refractivity contribution < 1.29 is 19.2 Å². The third-order valence-electron chi connectivity index (χ3n) is 4.55. The van der Waals surface area contributed by atoms with Gasteiger partial charge in [-0.05, 0) is 67.9 Å². The Bertz CT molecular complexity index is 1180. The molecule has 8 nitrogen and oxygen atoms in total. The van der Waals surface area contributed by atoms with Crippen LogP contribution >= 0.6 is 11.6 Å². The zero-order chi connectivity index (χ0) is 23.3. The molecule has 3 rings (SSSR count). The summed E-state index contributed by atoms with van der Waals surface area (Å²) in [5, 5.41) is 16.9. The number of rotatable bonds is 7. The van der Waals surface area contributed by atoms with Gasteiger partial charge in [0.25, 0.3) is 11.8 Å². The first-order valence-electron chi connectivity index (χ1n) is 9.70. The molecule has 0 heterocycles. The van der Waals surface area contributed by atoms with E-state index in [-0.39, 0.29) is 28.3 Å². The van der Waals surface area contributed by atoms with E-state index in [1.807, 2.05) is 13.8 Å². The van der Waals surface area contributed by atoms with Gasteiger partial charge in [0.05, 0.1) is 4.92 Å². The van der Waals surface area contributed by atoms with Crippen LogP contribution in [0.4, 0.5) is 11.4 Å². The number of hydrogen-bond donors (Lipinski definition) is 2. The topological polar surface area (TPSA) is 111 Å².